The van der Waals surface area contributed by atoms with Gasteiger partial charge in [0.25, 0.3) is 0 Å². The number of thioether (sulfide) groups is 1. The lowest BCUT2D eigenvalue weighted by Crippen LogP contribution is -2.57. The van der Waals surface area contributed by atoms with Gasteiger partial charge in [0.2, 0.25) is 17.7 Å². The van der Waals surface area contributed by atoms with E-state index < -0.39 is 47.9 Å². The average Bonchev–Trinajstić information content (AvgIpc) is 2.88. The van der Waals surface area contributed by atoms with Gasteiger partial charge in [-0.25, -0.2) is 4.79 Å². The second-order valence-corrected chi connectivity index (χ2v) is 10.9. The number of benzene rings is 1. The molecule has 0 aliphatic carbocycles. The Morgan fingerprint density at radius 1 is 0.950 bits per heavy atom. The Balaban J connectivity index is 2.99. The molecule has 0 spiro atoms. The highest BCUT2D eigenvalue weighted by Gasteiger charge is 2.30. The van der Waals surface area contributed by atoms with Crippen molar-refractivity contribution in [3.05, 3.63) is 29.8 Å². The molecule has 224 valence electrons. The van der Waals surface area contributed by atoms with E-state index in [4.69, 9.17) is 16.9 Å². The van der Waals surface area contributed by atoms with Gasteiger partial charge in [0, 0.05) is 6.54 Å². The highest BCUT2D eigenvalue weighted by Crippen LogP contribution is 2.12. The van der Waals surface area contributed by atoms with E-state index in [9.17, 15) is 29.4 Å². The Hall–Kier alpha value is -3.52. The maximum Gasteiger partial charge on any atom is 0.326 e. The van der Waals surface area contributed by atoms with Crippen molar-refractivity contribution in [1.82, 2.24) is 21.3 Å². The smallest absolute Gasteiger partial charge is 0.326 e. The van der Waals surface area contributed by atoms with Gasteiger partial charge < -0.3 is 42.9 Å². The molecule has 11 N–H and O–H groups in total. The van der Waals surface area contributed by atoms with Crippen LogP contribution in [0.4, 0.5) is 0 Å². The van der Waals surface area contributed by atoms with Gasteiger partial charge in [-0.05, 0) is 67.7 Å². The van der Waals surface area contributed by atoms with Crippen molar-refractivity contribution in [3.8, 4) is 5.75 Å². The van der Waals surface area contributed by atoms with Gasteiger partial charge in [-0.2, -0.15) is 11.8 Å². The van der Waals surface area contributed by atoms with Gasteiger partial charge in [0.1, 0.15) is 23.9 Å². The highest BCUT2D eigenvalue weighted by molar-refractivity contribution is 7.98. The number of nitrogens with two attached hydrogens (primary N) is 2. The molecule has 0 radical (unpaired) electrons. The summed E-state index contributed by atoms with van der Waals surface area (Å²) in [7, 11) is 0. The topological polar surface area (TPSA) is 233 Å². The predicted molar refractivity (Wildman–Crippen MR) is 155 cm³/mol. The van der Waals surface area contributed by atoms with Crippen LogP contribution in [0, 0.1) is 11.3 Å². The molecule has 4 atom stereocenters. The third-order valence-corrected chi connectivity index (χ3v) is 6.56. The third-order valence-electron chi connectivity index (χ3n) is 5.91. The predicted octanol–water partition coefficient (Wildman–Crippen LogP) is -0.137. The van der Waals surface area contributed by atoms with Crippen LogP contribution in [0.3, 0.4) is 0 Å². The maximum atomic E-state index is 13.3. The molecule has 1 aromatic rings. The van der Waals surface area contributed by atoms with Gasteiger partial charge in [0.15, 0.2) is 5.96 Å². The van der Waals surface area contributed by atoms with E-state index in [1.54, 1.807) is 12.1 Å². The molecule has 0 unspecified atom stereocenters. The maximum absolute atomic E-state index is 13.3. The van der Waals surface area contributed by atoms with Crippen molar-refractivity contribution in [1.29, 1.82) is 5.41 Å². The first-order valence-corrected chi connectivity index (χ1v) is 14.5. The standard InChI is InChI=1S/C26H43N7O6S/c1-15(2)13-21(33-22(35)18(27)14-16-6-8-17(34)9-7-16)24(37)31-19(5-4-11-30-26(28)29)23(36)32-20(25(38)39)10-12-40-3/h6-9,15,18-21,34H,4-5,10-14,27H2,1-3H3,(H,31,37)(H,32,36)(H,33,35)(H,38,39)(H4,28,29,30)/t18-,19-,20-,21-/m0/s1. The summed E-state index contributed by atoms with van der Waals surface area (Å²) < 4.78 is 0. The van der Waals surface area contributed by atoms with Crippen molar-refractivity contribution in [2.45, 2.75) is 70.1 Å². The number of carbonyl (C=O) groups excluding carboxylic acids is 3. The quantitative estimate of drug-likeness (QED) is 0.0632. The third kappa shape index (κ3) is 13.5. The first kappa shape index (κ1) is 34.5. The van der Waals surface area contributed by atoms with Crippen LogP contribution in [0.1, 0.15) is 45.1 Å². The molecule has 0 heterocycles. The van der Waals surface area contributed by atoms with Crippen LogP contribution < -0.4 is 32.7 Å². The number of carbonyl (C=O) groups is 4. The van der Waals surface area contributed by atoms with Crippen LogP contribution in [0.15, 0.2) is 24.3 Å². The largest absolute Gasteiger partial charge is 0.508 e. The minimum absolute atomic E-state index is 0.0133. The van der Waals surface area contributed by atoms with Gasteiger partial charge in [-0.1, -0.05) is 26.0 Å². The van der Waals surface area contributed by atoms with Gasteiger partial charge in [-0.3, -0.25) is 19.8 Å². The fourth-order valence-corrected chi connectivity index (χ4v) is 4.27. The second-order valence-electron chi connectivity index (χ2n) is 9.89. The Morgan fingerprint density at radius 2 is 1.52 bits per heavy atom. The zero-order chi connectivity index (χ0) is 30.2. The zero-order valence-corrected chi connectivity index (χ0v) is 24.1. The summed E-state index contributed by atoms with van der Waals surface area (Å²) >= 11 is 1.45. The van der Waals surface area contributed by atoms with Crippen molar-refractivity contribution in [2.75, 3.05) is 18.6 Å². The van der Waals surface area contributed by atoms with E-state index in [1.165, 1.54) is 23.9 Å². The van der Waals surface area contributed by atoms with Gasteiger partial charge in [0.05, 0.1) is 6.04 Å². The normalized spacial score (nSPS) is 13.9. The van der Waals surface area contributed by atoms with Crippen LogP contribution in [0.25, 0.3) is 0 Å². The molecular weight excluding hydrogens is 538 g/mol. The SMILES string of the molecule is CSCC[C@H](NC(=O)[C@H](CCCNC(=N)N)NC(=O)[C@H](CC(C)C)NC(=O)[C@@H](N)Cc1ccc(O)cc1)C(=O)O. The first-order chi connectivity index (χ1) is 18.8. The van der Waals surface area contributed by atoms with E-state index in [0.29, 0.717) is 12.2 Å². The van der Waals surface area contributed by atoms with Crippen molar-refractivity contribution in [3.63, 3.8) is 0 Å². The Labute approximate surface area is 239 Å². The highest BCUT2D eigenvalue weighted by atomic mass is 32.2. The number of nitrogens with one attached hydrogen (secondary N) is 5. The number of phenolic OH excluding ortho intramolecular Hbond substituents is 1. The monoisotopic (exact) mass is 581 g/mol. The number of aromatic hydroxyl groups is 1. The average molecular weight is 582 g/mol. The molecular formula is C26H43N7O6S. The number of phenols is 1. The van der Waals surface area contributed by atoms with E-state index in [-0.39, 0.29) is 49.9 Å². The van der Waals surface area contributed by atoms with Crippen LogP contribution in [0.5, 0.6) is 5.75 Å². The molecule has 1 aromatic carbocycles. The number of carboxylic acids is 1. The number of rotatable bonds is 18. The van der Waals surface area contributed by atoms with Crippen LogP contribution >= 0.6 is 11.8 Å². The fraction of sp³-hybridized carbons (Fsp3) is 0.577. The summed E-state index contributed by atoms with van der Waals surface area (Å²) in [6.45, 7) is 4.02. The molecule has 14 heteroatoms. The summed E-state index contributed by atoms with van der Waals surface area (Å²) in [4.78, 5) is 50.9. The minimum atomic E-state index is -1.18. The van der Waals surface area contributed by atoms with E-state index in [1.807, 2.05) is 20.1 Å². The van der Waals surface area contributed by atoms with Crippen molar-refractivity contribution in [2.24, 2.45) is 17.4 Å². The summed E-state index contributed by atoms with van der Waals surface area (Å²) in [6.07, 6.45) is 2.97. The molecule has 0 bridgehead atoms. The Bertz CT molecular complexity index is 992. The molecule has 0 aliphatic rings. The molecule has 40 heavy (non-hydrogen) atoms. The Morgan fingerprint density at radius 3 is 2.08 bits per heavy atom. The first-order valence-electron chi connectivity index (χ1n) is 13.1. The van der Waals surface area contributed by atoms with Crippen LogP contribution in [0.2, 0.25) is 0 Å². The zero-order valence-electron chi connectivity index (χ0n) is 23.2. The number of amides is 3. The summed E-state index contributed by atoms with van der Waals surface area (Å²) in [5.41, 5.74) is 12.1. The second kappa shape index (κ2) is 17.9. The molecule has 0 saturated carbocycles. The van der Waals surface area contributed by atoms with E-state index in [2.05, 4.69) is 21.3 Å². The van der Waals surface area contributed by atoms with Gasteiger partial charge >= 0.3 is 5.97 Å². The minimum Gasteiger partial charge on any atom is -0.508 e. The molecule has 0 aromatic heterocycles. The number of hydrogen-bond donors (Lipinski definition) is 9. The van der Waals surface area contributed by atoms with Crippen LogP contribution in [-0.4, -0.2) is 82.6 Å². The van der Waals surface area contributed by atoms with Crippen LogP contribution in [-0.2, 0) is 25.6 Å². The lowest BCUT2D eigenvalue weighted by molar-refractivity contribution is -0.142. The van der Waals surface area contributed by atoms with Crippen molar-refractivity contribution < 1.29 is 29.4 Å². The lowest BCUT2D eigenvalue weighted by Gasteiger charge is -2.26. The Kier molecular flexibility index (Phi) is 15.5. The number of hydrogen-bond acceptors (Lipinski definition) is 8. The number of guanidine groups is 1. The summed E-state index contributed by atoms with van der Waals surface area (Å²) in [5, 5.41) is 36.7. The van der Waals surface area contributed by atoms with Gasteiger partial charge in [-0.15, -0.1) is 0 Å². The lowest BCUT2D eigenvalue weighted by atomic mass is 10.0. The van der Waals surface area contributed by atoms with E-state index >= 15 is 0 Å². The fourth-order valence-electron chi connectivity index (χ4n) is 3.80. The molecule has 13 nitrogen and oxygen atoms in total. The van der Waals surface area contributed by atoms with Crippen molar-refractivity contribution >= 4 is 41.4 Å². The molecule has 1 rings (SSSR count). The molecule has 0 saturated heterocycles. The number of aliphatic carboxylic acids is 1. The summed E-state index contributed by atoms with van der Waals surface area (Å²) in [6, 6.07) is 2.11. The number of carboxylic acid groups (broad SMARTS) is 1. The molecule has 0 fully saturated rings. The van der Waals surface area contributed by atoms with E-state index in [0.717, 1.165) is 5.56 Å². The molecule has 0 aliphatic heterocycles. The molecule has 3 amide bonds. The summed E-state index contributed by atoms with van der Waals surface area (Å²) in [5.74, 6) is -2.62.